The highest BCUT2D eigenvalue weighted by Crippen LogP contribution is 2.33. The molecule has 0 aromatic heterocycles. The molecule has 49 heavy (non-hydrogen) atoms. The number of azo groups is 2. The first-order chi connectivity index (χ1) is 23.5. The molecule has 0 aliphatic heterocycles. The molecule has 0 saturated carbocycles. The van der Waals surface area contributed by atoms with Crippen LogP contribution in [-0.4, -0.2) is 32.8 Å². The van der Waals surface area contributed by atoms with E-state index in [2.05, 4.69) is 44.9 Å². The second-order valence-electron chi connectivity index (χ2n) is 10.1. The van der Waals surface area contributed by atoms with Gasteiger partial charge in [0.1, 0.15) is 0 Å². The fraction of sp³-hybridized carbons (Fsp3) is 0.226. The van der Waals surface area contributed by atoms with Gasteiger partial charge in [-0.3, -0.25) is 40.5 Å². The van der Waals surface area contributed by atoms with E-state index in [0.29, 0.717) is 11.4 Å². The molecule has 0 radical (unpaired) electrons. The second kappa shape index (κ2) is 18.4. The van der Waals surface area contributed by atoms with E-state index in [0.717, 1.165) is 68.0 Å². The molecule has 18 nitrogen and oxygen atoms in total. The van der Waals surface area contributed by atoms with Crippen LogP contribution in [0.1, 0.15) is 33.1 Å². The van der Waals surface area contributed by atoms with Crippen molar-refractivity contribution in [3.8, 4) is 0 Å². The van der Waals surface area contributed by atoms with E-state index in [1.807, 2.05) is 24.3 Å². The summed E-state index contributed by atoms with van der Waals surface area (Å²) < 4.78 is 0. The summed E-state index contributed by atoms with van der Waals surface area (Å²) >= 11 is 0. The molecule has 0 aliphatic carbocycles. The number of rotatable bonds is 15. The van der Waals surface area contributed by atoms with Crippen LogP contribution in [0.2, 0.25) is 0 Å². The standard InChI is InChI=1S/C16H17N5O4.C15H15N5O4/c1-2-3-10-17-12-4-6-13(7-5-12)18-19-14-8-9-15(20(22)23)16(11-14)21(24)25;1-2-9-16-11-3-5-12(6-4-11)17-18-13-7-8-14(19(21)22)15(10-13)20(23)24/h4-9,11,17H,2-3,10H2,1H3;3-8,10,16H,2,9H2,1H3. The molecular weight excluding hydrogens is 640 g/mol. The van der Waals surface area contributed by atoms with Crippen LogP contribution in [-0.2, 0) is 0 Å². The van der Waals surface area contributed by atoms with Gasteiger partial charge >= 0.3 is 22.7 Å². The van der Waals surface area contributed by atoms with Gasteiger partial charge in [-0.1, -0.05) is 20.3 Å². The Morgan fingerprint density at radius 2 is 0.816 bits per heavy atom. The van der Waals surface area contributed by atoms with Crippen LogP contribution in [0.15, 0.2) is 105 Å². The Morgan fingerprint density at radius 1 is 0.469 bits per heavy atom. The lowest BCUT2D eigenvalue weighted by Gasteiger charge is -2.04. The summed E-state index contributed by atoms with van der Waals surface area (Å²) in [6.45, 7) is 5.95. The highest BCUT2D eigenvalue weighted by atomic mass is 16.6. The summed E-state index contributed by atoms with van der Waals surface area (Å²) in [4.78, 5) is 40.1. The fourth-order valence-corrected chi connectivity index (χ4v) is 3.95. The molecule has 4 aromatic carbocycles. The van der Waals surface area contributed by atoms with Crippen LogP contribution < -0.4 is 10.6 Å². The Labute approximate surface area is 279 Å². The van der Waals surface area contributed by atoms with Gasteiger partial charge in [0.15, 0.2) is 0 Å². The van der Waals surface area contributed by atoms with Crippen molar-refractivity contribution in [2.24, 2.45) is 20.5 Å². The van der Waals surface area contributed by atoms with Crippen LogP contribution in [0, 0.1) is 40.5 Å². The van der Waals surface area contributed by atoms with Gasteiger partial charge in [-0.25, -0.2) is 0 Å². The molecule has 4 aromatic rings. The number of unbranched alkanes of at least 4 members (excludes halogenated alkanes) is 1. The van der Waals surface area contributed by atoms with E-state index in [9.17, 15) is 40.5 Å². The summed E-state index contributed by atoms with van der Waals surface area (Å²) in [5.74, 6) is 0. The highest BCUT2D eigenvalue weighted by molar-refractivity contribution is 5.61. The first-order valence-electron chi connectivity index (χ1n) is 14.9. The lowest BCUT2D eigenvalue weighted by molar-refractivity contribution is -0.422. The van der Waals surface area contributed by atoms with Gasteiger partial charge in [0.05, 0.1) is 54.6 Å². The molecule has 0 aliphatic rings. The molecule has 0 bridgehead atoms. The molecule has 0 fully saturated rings. The van der Waals surface area contributed by atoms with E-state index < -0.39 is 42.4 Å². The summed E-state index contributed by atoms with van der Waals surface area (Å²) in [6.07, 6.45) is 3.21. The summed E-state index contributed by atoms with van der Waals surface area (Å²) in [5, 5.41) is 65.6. The van der Waals surface area contributed by atoms with Crippen molar-refractivity contribution in [3.63, 3.8) is 0 Å². The van der Waals surface area contributed by atoms with Gasteiger partial charge in [0.25, 0.3) is 0 Å². The second-order valence-corrected chi connectivity index (χ2v) is 10.1. The minimum atomic E-state index is -0.814. The Balaban J connectivity index is 0.000000266. The quantitative estimate of drug-likeness (QED) is 0.0523. The van der Waals surface area contributed by atoms with Crippen molar-refractivity contribution in [2.45, 2.75) is 33.1 Å². The number of anilines is 2. The zero-order valence-electron chi connectivity index (χ0n) is 26.5. The summed E-state index contributed by atoms with van der Waals surface area (Å²) in [7, 11) is 0. The number of hydrogen-bond acceptors (Lipinski definition) is 14. The molecule has 0 heterocycles. The maximum absolute atomic E-state index is 10.9. The average Bonchev–Trinajstić information content (AvgIpc) is 3.10. The topological polar surface area (TPSA) is 246 Å². The maximum Gasteiger partial charge on any atom is 0.348 e. The third kappa shape index (κ3) is 11.5. The molecule has 0 spiro atoms. The number of nitro groups is 4. The van der Waals surface area contributed by atoms with Crippen LogP contribution in [0.3, 0.4) is 0 Å². The first kappa shape index (κ1) is 36.7. The Hall–Kier alpha value is -6.72. The van der Waals surface area contributed by atoms with Crippen molar-refractivity contribution in [1.29, 1.82) is 0 Å². The van der Waals surface area contributed by atoms with Gasteiger partial charge in [0, 0.05) is 36.6 Å². The predicted octanol–water partition coefficient (Wildman–Crippen LogP) is 9.87. The molecular formula is C31H32N10O8. The van der Waals surface area contributed by atoms with Crippen LogP contribution in [0.4, 0.5) is 56.9 Å². The number of nitro benzene ring substituents is 4. The Morgan fingerprint density at radius 3 is 1.16 bits per heavy atom. The minimum absolute atomic E-state index is 0.167. The zero-order valence-corrected chi connectivity index (χ0v) is 26.5. The molecule has 0 amide bonds. The van der Waals surface area contributed by atoms with Gasteiger partial charge in [-0.05, 0) is 73.5 Å². The molecule has 0 atom stereocenters. The van der Waals surface area contributed by atoms with E-state index in [-0.39, 0.29) is 11.4 Å². The van der Waals surface area contributed by atoms with Gasteiger partial charge < -0.3 is 10.6 Å². The summed E-state index contributed by atoms with van der Waals surface area (Å²) in [6, 6.07) is 21.2. The molecule has 0 unspecified atom stereocenters. The van der Waals surface area contributed by atoms with Gasteiger partial charge in [-0.2, -0.15) is 20.5 Å². The van der Waals surface area contributed by atoms with Gasteiger partial charge in [-0.15, -0.1) is 0 Å². The predicted molar refractivity (Wildman–Crippen MR) is 183 cm³/mol. The lowest BCUT2D eigenvalue weighted by Crippen LogP contribution is -1.99. The first-order valence-corrected chi connectivity index (χ1v) is 14.9. The van der Waals surface area contributed by atoms with E-state index in [1.54, 1.807) is 24.3 Å². The van der Waals surface area contributed by atoms with Crippen molar-refractivity contribution >= 4 is 56.9 Å². The monoisotopic (exact) mass is 672 g/mol. The van der Waals surface area contributed by atoms with E-state index in [1.165, 1.54) is 12.1 Å². The largest absolute Gasteiger partial charge is 0.385 e. The van der Waals surface area contributed by atoms with Crippen molar-refractivity contribution < 1.29 is 19.7 Å². The summed E-state index contributed by atoms with van der Waals surface area (Å²) in [5.41, 5.74) is 1.02. The van der Waals surface area contributed by atoms with E-state index >= 15 is 0 Å². The zero-order chi connectivity index (χ0) is 35.8. The Bertz CT molecular complexity index is 1830. The average molecular weight is 673 g/mol. The molecule has 2 N–H and O–H groups in total. The number of nitrogens with zero attached hydrogens (tertiary/aromatic N) is 8. The fourth-order valence-electron chi connectivity index (χ4n) is 3.95. The normalized spacial score (nSPS) is 10.7. The van der Waals surface area contributed by atoms with Crippen molar-refractivity contribution in [3.05, 3.63) is 125 Å². The van der Waals surface area contributed by atoms with Crippen LogP contribution in [0.5, 0.6) is 0 Å². The third-order valence-corrected chi connectivity index (χ3v) is 6.44. The van der Waals surface area contributed by atoms with Gasteiger partial charge in [0.2, 0.25) is 0 Å². The van der Waals surface area contributed by atoms with E-state index in [4.69, 9.17) is 0 Å². The molecule has 0 saturated heterocycles. The van der Waals surface area contributed by atoms with Crippen molar-refractivity contribution in [1.82, 2.24) is 0 Å². The smallest absolute Gasteiger partial charge is 0.348 e. The number of benzene rings is 4. The maximum atomic E-state index is 10.9. The highest BCUT2D eigenvalue weighted by Gasteiger charge is 2.25. The SMILES string of the molecule is CCCCNc1ccc(N=Nc2ccc([N+](=O)[O-])c([N+](=O)[O-])c2)cc1.CCCNc1ccc(N=Nc2ccc([N+](=O)[O-])c([N+](=O)[O-])c2)cc1. The Kier molecular flexibility index (Phi) is 13.8. The molecule has 4 rings (SSSR count). The van der Waals surface area contributed by atoms with Crippen LogP contribution in [0.25, 0.3) is 0 Å². The van der Waals surface area contributed by atoms with Crippen LogP contribution >= 0.6 is 0 Å². The third-order valence-electron chi connectivity index (χ3n) is 6.44. The van der Waals surface area contributed by atoms with Crippen molar-refractivity contribution in [2.75, 3.05) is 23.7 Å². The molecule has 254 valence electrons. The number of hydrogen-bond donors (Lipinski definition) is 2. The minimum Gasteiger partial charge on any atom is -0.385 e. The number of nitrogens with one attached hydrogen (secondary N) is 2. The molecule has 18 heteroatoms. The lowest BCUT2D eigenvalue weighted by atomic mass is 10.2.